The molecule has 0 atom stereocenters. The number of rotatable bonds is 3. The van der Waals surface area contributed by atoms with Crippen LogP contribution < -0.4 is 0 Å². The highest BCUT2D eigenvalue weighted by atomic mass is 32.2. The Morgan fingerprint density at radius 2 is 1.96 bits per heavy atom. The van der Waals surface area contributed by atoms with Crippen molar-refractivity contribution in [2.45, 2.75) is 48.8 Å². The molecule has 0 unspecified atom stereocenters. The van der Waals surface area contributed by atoms with E-state index >= 15 is 0 Å². The Morgan fingerprint density at radius 1 is 1.04 bits per heavy atom. The van der Waals surface area contributed by atoms with Gasteiger partial charge in [0.25, 0.3) is 6.43 Å². The van der Waals surface area contributed by atoms with Crippen LogP contribution in [0.3, 0.4) is 0 Å². The average Bonchev–Trinajstić information content (AvgIpc) is 3.04. The topological polar surface area (TPSA) is 73.8 Å². The molecule has 1 aliphatic heterocycles. The molecule has 4 rings (SSSR count). The van der Waals surface area contributed by atoms with Crippen LogP contribution in [0.15, 0.2) is 22.3 Å². The molecule has 0 saturated heterocycles. The van der Waals surface area contributed by atoms with Crippen LogP contribution in [0, 0.1) is 0 Å². The second kappa shape index (κ2) is 5.84. The van der Waals surface area contributed by atoms with Crippen LogP contribution in [0.1, 0.15) is 37.3 Å². The Morgan fingerprint density at radius 3 is 2.83 bits per heavy atom. The minimum atomic E-state index is -2.72. The zero-order valence-corrected chi connectivity index (χ0v) is 12.9. The lowest BCUT2D eigenvalue weighted by molar-refractivity contribution is 0.137. The molecule has 0 aliphatic carbocycles. The lowest BCUT2D eigenvalue weighted by Gasteiger charge is -2.06. The molecule has 0 fully saturated rings. The highest BCUT2D eigenvalue weighted by molar-refractivity contribution is 7.99. The molecule has 0 bridgehead atoms. The van der Waals surface area contributed by atoms with Crippen LogP contribution in [0.2, 0.25) is 0 Å². The largest absolute Gasteiger partial charge is 0.306 e. The zero-order chi connectivity index (χ0) is 15.8. The first-order valence-corrected chi connectivity index (χ1v) is 8.14. The van der Waals surface area contributed by atoms with E-state index in [9.17, 15) is 8.78 Å². The number of fused-ring (bicyclic) bond motifs is 2. The van der Waals surface area contributed by atoms with E-state index < -0.39 is 12.2 Å². The van der Waals surface area contributed by atoms with Gasteiger partial charge >= 0.3 is 0 Å². The summed E-state index contributed by atoms with van der Waals surface area (Å²) in [7, 11) is 0. The fourth-order valence-corrected chi connectivity index (χ4v) is 3.44. The molecule has 7 nitrogen and oxygen atoms in total. The molecule has 3 aromatic rings. The van der Waals surface area contributed by atoms with Crippen LogP contribution in [-0.2, 0) is 13.0 Å². The van der Waals surface area contributed by atoms with Crippen molar-refractivity contribution < 1.29 is 8.78 Å². The summed E-state index contributed by atoms with van der Waals surface area (Å²) in [6, 6.07) is 3.34. The Balaban J connectivity index is 1.68. The Bertz CT molecular complexity index is 844. The van der Waals surface area contributed by atoms with E-state index in [2.05, 4.69) is 30.1 Å². The van der Waals surface area contributed by atoms with E-state index in [1.807, 2.05) is 0 Å². The monoisotopic (exact) mass is 337 g/mol. The molecule has 23 heavy (non-hydrogen) atoms. The van der Waals surface area contributed by atoms with Gasteiger partial charge in [0, 0.05) is 13.0 Å². The molecular weight excluding hydrogens is 324 g/mol. The summed E-state index contributed by atoms with van der Waals surface area (Å²) in [6.07, 6.45) is 1.58. The lowest BCUT2D eigenvalue weighted by atomic mass is 10.2. The number of hydrogen-bond donors (Lipinski definition) is 0. The molecule has 0 N–H and O–H groups in total. The maximum absolute atomic E-state index is 12.9. The summed E-state index contributed by atoms with van der Waals surface area (Å²) in [6.45, 7) is 0.877. The molecule has 1 aliphatic rings. The van der Waals surface area contributed by atoms with Crippen LogP contribution in [-0.4, -0.2) is 34.6 Å². The first kappa shape index (κ1) is 14.5. The molecule has 3 aromatic heterocycles. The van der Waals surface area contributed by atoms with Crippen LogP contribution >= 0.6 is 11.8 Å². The molecule has 120 valence electrons. The predicted molar refractivity (Wildman–Crippen MR) is 77.4 cm³/mol. The molecule has 0 amide bonds. The smallest absolute Gasteiger partial charge is 0.299 e. The standard InChI is InChI=1S/C13H13F2N7S/c14-11(15)12-18-17-9-5-6-10(20-22(9)12)23-13-19-16-8-4-2-1-3-7-21(8)13/h5-6,11H,1-4,7H2. The number of nitrogens with zero attached hydrogens (tertiary/aromatic N) is 7. The van der Waals surface area contributed by atoms with Crippen molar-refractivity contribution in [3.63, 3.8) is 0 Å². The fourth-order valence-electron chi connectivity index (χ4n) is 2.61. The van der Waals surface area contributed by atoms with Gasteiger partial charge < -0.3 is 4.57 Å². The van der Waals surface area contributed by atoms with Crippen LogP contribution in [0.25, 0.3) is 5.65 Å². The predicted octanol–water partition coefficient (Wildman–Crippen LogP) is 2.53. The molecular formula is C13H13F2N7S. The van der Waals surface area contributed by atoms with E-state index in [4.69, 9.17) is 0 Å². The third kappa shape index (κ3) is 2.67. The van der Waals surface area contributed by atoms with Crippen molar-refractivity contribution in [3.8, 4) is 0 Å². The van der Waals surface area contributed by atoms with E-state index in [0.29, 0.717) is 10.7 Å². The maximum Gasteiger partial charge on any atom is 0.299 e. The Hall–Kier alpha value is -2.10. The molecule has 4 heterocycles. The third-order valence-electron chi connectivity index (χ3n) is 3.73. The van der Waals surface area contributed by atoms with Gasteiger partial charge in [0.2, 0.25) is 5.82 Å². The van der Waals surface area contributed by atoms with E-state index in [1.165, 1.54) is 18.2 Å². The summed E-state index contributed by atoms with van der Waals surface area (Å²) in [4.78, 5) is 0. The SMILES string of the molecule is FC(F)c1nnc2ccc(Sc3nnc4n3CCCCC4)nn12. The first-order valence-electron chi connectivity index (χ1n) is 7.33. The van der Waals surface area contributed by atoms with Gasteiger partial charge in [-0.05, 0) is 36.7 Å². The lowest BCUT2D eigenvalue weighted by Crippen LogP contribution is -2.03. The Kier molecular flexibility index (Phi) is 3.68. The second-order valence-electron chi connectivity index (χ2n) is 5.26. The summed E-state index contributed by atoms with van der Waals surface area (Å²) in [5, 5.41) is 21.1. The summed E-state index contributed by atoms with van der Waals surface area (Å²) < 4.78 is 29.0. The van der Waals surface area contributed by atoms with Gasteiger partial charge in [0.1, 0.15) is 10.9 Å². The number of aromatic nitrogens is 7. The van der Waals surface area contributed by atoms with E-state index in [0.717, 1.165) is 41.3 Å². The van der Waals surface area contributed by atoms with Crippen molar-refractivity contribution in [2.75, 3.05) is 0 Å². The summed E-state index contributed by atoms with van der Waals surface area (Å²) in [5.41, 5.74) is 0.296. The minimum absolute atomic E-state index is 0.296. The van der Waals surface area contributed by atoms with Gasteiger partial charge in [-0.1, -0.05) is 6.42 Å². The summed E-state index contributed by atoms with van der Waals surface area (Å²) >= 11 is 1.31. The zero-order valence-electron chi connectivity index (χ0n) is 12.1. The second-order valence-corrected chi connectivity index (χ2v) is 6.25. The number of aryl methyl sites for hydroxylation is 1. The van der Waals surface area contributed by atoms with Gasteiger partial charge in [-0.25, -0.2) is 8.78 Å². The highest BCUT2D eigenvalue weighted by Gasteiger charge is 2.19. The maximum atomic E-state index is 12.9. The quantitative estimate of drug-likeness (QED) is 0.731. The van der Waals surface area contributed by atoms with Gasteiger partial charge in [0.05, 0.1) is 0 Å². The molecule has 0 spiro atoms. The van der Waals surface area contributed by atoms with Crippen molar-refractivity contribution in [3.05, 3.63) is 23.8 Å². The number of halogens is 2. The van der Waals surface area contributed by atoms with Gasteiger partial charge in [0.15, 0.2) is 10.8 Å². The third-order valence-corrected chi connectivity index (χ3v) is 4.64. The average molecular weight is 337 g/mol. The van der Waals surface area contributed by atoms with Crippen molar-refractivity contribution >= 4 is 17.4 Å². The van der Waals surface area contributed by atoms with Gasteiger partial charge in [-0.2, -0.15) is 9.61 Å². The van der Waals surface area contributed by atoms with Gasteiger partial charge in [-0.3, -0.25) is 0 Å². The van der Waals surface area contributed by atoms with E-state index in [1.54, 1.807) is 12.1 Å². The molecule has 0 aromatic carbocycles. The van der Waals surface area contributed by atoms with E-state index in [-0.39, 0.29) is 0 Å². The normalized spacial score (nSPS) is 15.1. The van der Waals surface area contributed by atoms with Crippen molar-refractivity contribution in [2.24, 2.45) is 0 Å². The Labute approximate surface area is 134 Å². The fraction of sp³-hybridized carbons (Fsp3) is 0.462. The summed E-state index contributed by atoms with van der Waals surface area (Å²) in [5.74, 6) is 0.520. The first-order chi connectivity index (χ1) is 11.2. The van der Waals surface area contributed by atoms with Crippen molar-refractivity contribution in [1.29, 1.82) is 0 Å². The van der Waals surface area contributed by atoms with Gasteiger partial charge in [-0.15, -0.1) is 20.4 Å². The number of alkyl halides is 2. The van der Waals surface area contributed by atoms with Crippen molar-refractivity contribution in [1.82, 2.24) is 34.6 Å². The minimum Gasteiger partial charge on any atom is -0.306 e. The highest BCUT2D eigenvalue weighted by Crippen LogP contribution is 2.28. The van der Waals surface area contributed by atoms with Crippen LogP contribution in [0.4, 0.5) is 8.78 Å². The molecule has 0 saturated carbocycles. The number of hydrogen-bond acceptors (Lipinski definition) is 6. The molecule has 10 heteroatoms. The van der Waals surface area contributed by atoms with Crippen LogP contribution in [0.5, 0.6) is 0 Å². The molecule has 0 radical (unpaired) electrons.